The van der Waals surface area contributed by atoms with Crippen LogP contribution < -0.4 is 22.2 Å². The van der Waals surface area contributed by atoms with E-state index >= 15 is 0 Å². The molecule has 174 valence electrons. The topological polar surface area (TPSA) is 68.7 Å². The number of fused-ring (bicyclic) bond motifs is 2. The predicted molar refractivity (Wildman–Crippen MR) is 126 cm³/mol. The van der Waals surface area contributed by atoms with Gasteiger partial charge in [-0.2, -0.15) is 0 Å². The molecule has 0 spiro atoms. The summed E-state index contributed by atoms with van der Waals surface area (Å²) in [6.45, 7) is 9.42. The van der Waals surface area contributed by atoms with E-state index in [1.165, 1.54) is 22.5 Å². The molecule has 0 aliphatic carbocycles. The molecule has 1 amide bonds. The summed E-state index contributed by atoms with van der Waals surface area (Å²) in [7, 11) is 0. The van der Waals surface area contributed by atoms with Gasteiger partial charge in [0.05, 0.1) is 38.8 Å². The average Bonchev–Trinajstić information content (AvgIpc) is 2.91. The number of hydrogen-bond donors (Lipinski definition) is 1. The van der Waals surface area contributed by atoms with Crippen LogP contribution in [0.4, 0.5) is 16.2 Å². The van der Waals surface area contributed by atoms with Gasteiger partial charge in [0.2, 0.25) is 0 Å². The summed E-state index contributed by atoms with van der Waals surface area (Å²) in [5, 5.41) is 0. The highest BCUT2D eigenvalue weighted by Crippen LogP contribution is 2.35. The van der Waals surface area contributed by atoms with Crippen molar-refractivity contribution in [3.8, 4) is 0 Å². The highest BCUT2D eigenvalue weighted by molar-refractivity contribution is 5.88. The molecule has 0 radical (unpaired) electrons. The Morgan fingerprint density at radius 3 is 2.03 bits per heavy atom. The first-order chi connectivity index (χ1) is 14.6. The smallest absolute Gasteiger partial charge is 0.410 e. The number of nitrogens with zero attached hydrogens (tertiary/aromatic N) is 2. The minimum absolute atomic E-state index is 0. The Labute approximate surface area is 197 Å². The molecule has 2 aromatic rings. The normalized spacial score (nSPS) is 15.2. The Hall–Kier alpha value is -2.54. The first-order valence-electron chi connectivity index (χ1n) is 11.0. The second-order valence-corrected chi connectivity index (χ2v) is 8.38. The van der Waals surface area contributed by atoms with Crippen molar-refractivity contribution in [1.82, 2.24) is 4.90 Å². The monoisotopic (exact) mass is 459 g/mol. The fourth-order valence-electron chi connectivity index (χ4n) is 4.32. The molecule has 0 bridgehead atoms. The van der Waals surface area contributed by atoms with Gasteiger partial charge in [-0.15, -0.1) is 0 Å². The zero-order valence-corrected chi connectivity index (χ0v) is 19.6. The second-order valence-electron chi connectivity index (χ2n) is 8.38. The summed E-state index contributed by atoms with van der Waals surface area (Å²) in [5.74, 6) is 0. The van der Waals surface area contributed by atoms with E-state index in [9.17, 15) is 4.79 Å². The van der Waals surface area contributed by atoms with Crippen LogP contribution in [0.3, 0.4) is 0 Å². The maximum absolute atomic E-state index is 12.1. The Bertz CT molecular complexity index is 861. The van der Waals surface area contributed by atoms with Gasteiger partial charge < -0.3 is 32.4 Å². The molecule has 2 aliphatic rings. The van der Waals surface area contributed by atoms with Crippen LogP contribution in [-0.4, -0.2) is 61.8 Å². The van der Waals surface area contributed by atoms with Crippen LogP contribution in [0.5, 0.6) is 0 Å². The number of quaternary nitrogens is 1. The minimum Gasteiger partial charge on any atom is -1.00 e. The van der Waals surface area contributed by atoms with Crippen LogP contribution in [0, 0.1) is 0 Å². The number of carbonyl (C=O) groups excluding carboxylic acids is 1. The number of piperazine rings is 1. The molecular weight excluding hydrogens is 426 g/mol. The van der Waals surface area contributed by atoms with E-state index in [4.69, 9.17) is 4.74 Å². The third-order valence-electron chi connectivity index (χ3n) is 5.87. The van der Waals surface area contributed by atoms with Gasteiger partial charge >= 0.3 is 6.09 Å². The van der Waals surface area contributed by atoms with Crippen molar-refractivity contribution in [3.05, 3.63) is 59.7 Å². The maximum Gasteiger partial charge on any atom is 0.410 e. The molecule has 1 saturated heterocycles. The molecular formula is C25H34ClN3O3. The van der Waals surface area contributed by atoms with Gasteiger partial charge in [-0.05, 0) is 37.1 Å². The number of ether oxygens (including phenoxy) is 1. The number of rotatable bonds is 5. The van der Waals surface area contributed by atoms with Crippen LogP contribution in [0.15, 0.2) is 48.5 Å². The number of nitrogens with one attached hydrogen (secondary N) is 1. The van der Waals surface area contributed by atoms with Crippen molar-refractivity contribution in [3.63, 3.8) is 0 Å². The molecule has 0 saturated carbocycles. The summed E-state index contributed by atoms with van der Waals surface area (Å²) in [4.78, 5) is 18.0. The lowest BCUT2D eigenvalue weighted by molar-refractivity contribution is -0.904. The summed E-state index contributed by atoms with van der Waals surface area (Å²) in [5.41, 5.74) is 5.07. The zero-order chi connectivity index (χ0) is 20.9. The van der Waals surface area contributed by atoms with E-state index in [1.54, 1.807) is 4.90 Å². The number of amides is 1. The Morgan fingerprint density at radius 1 is 0.969 bits per heavy atom. The number of anilines is 2. The largest absolute Gasteiger partial charge is 1.00 e. The van der Waals surface area contributed by atoms with Crippen molar-refractivity contribution in [2.45, 2.75) is 26.4 Å². The lowest BCUT2D eigenvalue weighted by atomic mass is 10.1. The lowest BCUT2D eigenvalue weighted by Gasteiger charge is -2.33. The fourth-order valence-corrected chi connectivity index (χ4v) is 4.32. The summed E-state index contributed by atoms with van der Waals surface area (Å²) in [6, 6.07) is 17.2. The van der Waals surface area contributed by atoms with Gasteiger partial charge in [-0.25, -0.2) is 4.79 Å². The molecule has 2 aromatic carbocycles. The number of halogens is 1. The second kappa shape index (κ2) is 11.9. The Kier molecular flexibility index (Phi) is 9.57. The van der Waals surface area contributed by atoms with E-state index in [-0.39, 0.29) is 30.1 Å². The van der Waals surface area contributed by atoms with Crippen molar-refractivity contribution in [2.24, 2.45) is 0 Å². The molecule has 2 aliphatic heterocycles. The predicted octanol–water partition coefficient (Wildman–Crippen LogP) is -0.377. The van der Waals surface area contributed by atoms with Gasteiger partial charge in [0, 0.05) is 24.3 Å². The van der Waals surface area contributed by atoms with Gasteiger partial charge in [-0.3, -0.25) is 4.90 Å². The molecule has 0 aromatic heterocycles. The summed E-state index contributed by atoms with van der Waals surface area (Å²) < 4.78 is 5.33. The van der Waals surface area contributed by atoms with Crippen LogP contribution in [0.2, 0.25) is 0 Å². The molecule has 4 rings (SSSR count). The van der Waals surface area contributed by atoms with E-state index < -0.39 is 0 Å². The van der Waals surface area contributed by atoms with E-state index in [0.29, 0.717) is 0 Å². The molecule has 0 unspecified atom stereocenters. The quantitative estimate of drug-likeness (QED) is 0.663. The SMILES string of the molecule is CC(C)OC(=O)N1CC[NH+](CCCN2c3ccccc3C=Cc3ccccc32)CC1.O.[Cl-]. The highest BCUT2D eigenvalue weighted by atomic mass is 35.5. The van der Waals surface area contributed by atoms with E-state index in [2.05, 4.69) is 65.6 Å². The summed E-state index contributed by atoms with van der Waals surface area (Å²) in [6.07, 6.45) is 5.31. The highest BCUT2D eigenvalue weighted by Gasteiger charge is 2.25. The van der Waals surface area contributed by atoms with Gasteiger partial charge in [-0.1, -0.05) is 48.6 Å². The minimum atomic E-state index is -0.172. The van der Waals surface area contributed by atoms with Gasteiger partial charge in [0.25, 0.3) is 0 Å². The summed E-state index contributed by atoms with van der Waals surface area (Å²) >= 11 is 0. The fraction of sp³-hybridized carbons (Fsp3) is 0.400. The van der Waals surface area contributed by atoms with Gasteiger partial charge in [0.1, 0.15) is 0 Å². The molecule has 3 N–H and O–H groups in total. The first-order valence-corrected chi connectivity index (χ1v) is 11.0. The average molecular weight is 460 g/mol. The molecule has 6 nitrogen and oxygen atoms in total. The molecule has 1 fully saturated rings. The van der Waals surface area contributed by atoms with Crippen molar-refractivity contribution < 1.29 is 32.3 Å². The Morgan fingerprint density at radius 2 is 1.50 bits per heavy atom. The van der Waals surface area contributed by atoms with Gasteiger partial charge in [0.15, 0.2) is 0 Å². The van der Waals surface area contributed by atoms with Crippen LogP contribution >= 0.6 is 0 Å². The maximum atomic E-state index is 12.1. The standard InChI is InChI=1S/C25H31N3O2.ClH.H2O/c1-20(2)30-25(29)27-18-16-26(17-19-27)14-7-15-28-23-10-5-3-8-21(23)12-13-22-9-4-6-11-24(22)28;;/h3-6,8-13,20H,7,14-19H2,1-2H3;1H;1H2. The number of carbonyl (C=O) groups is 1. The Balaban J connectivity index is 0.00000181. The molecule has 32 heavy (non-hydrogen) atoms. The van der Waals surface area contributed by atoms with Crippen LogP contribution in [0.25, 0.3) is 12.2 Å². The van der Waals surface area contributed by atoms with Crippen molar-refractivity contribution in [1.29, 1.82) is 0 Å². The lowest BCUT2D eigenvalue weighted by Crippen LogP contribution is -3.14. The van der Waals surface area contributed by atoms with Crippen LogP contribution in [-0.2, 0) is 4.74 Å². The third-order valence-corrected chi connectivity index (χ3v) is 5.87. The van der Waals surface area contributed by atoms with Crippen molar-refractivity contribution in [2.75, 3.05) is 44.2 Å². The van der Waals surface area contributed by atoms with Crippen LogP contribution in [0.1, 0.15) is 31.4 Å². The first kappa shape index (κ1) is 25.7. The third kappa shape index (κ3) is 6.03. The number of para-hydroxylation sites is 2. The van der Waals surface area contributed by atoms with E-state index in [1.807, 2.05) is 18.7 Å². The molecule has 2 heterocycles. The molecule has 7 heteroatoms. The van der Waals surface area contributed by atoms with Crippen molar-refractivity contribution >= 4 is 29.6 Å². The molecule has 0 atom stereocenters. The number of benzene rings is 2. The van der Waals surface area contributed by atoms with E-state index in [0.717, 1.165) is 45.7 Å². The number of hydrogen-bond acceptors (Lipinski definition) is 3. The zero-order valence-electron chi connectivity index (χ0n) is 18.9.